The van der Waals surface area contributed by atoms with Crippen LogP contribution >= 0.6 is 11.6 Å². The highest BCUT2D eigenvalue weighted by molar-refractivity contribution is 6.29. The number of rotatable bonds is 4. The number of ether oxygens (including phenoxy) is 1. The maximum absolute atomic E-state index is 11.8. The molecule has 1 atom stereocenters. The van der Waals surface area contributed by atoms with E-state index in [1.807, 2.05) is 6.92 Å². The molecule has 1 rings (SSSR count). The summed E-state index contributed by atoms with van der Waals surface area (Å²) in [7, 11) is 1.50. The van der Waals surface area contributed by atoms with E-state index in [0.717, 1.165) is 0 Å². The molecule has 1 heterocycles. The highest BCUT2D eigenvalue weighted by atomic mass is 35.5. The van der Waals surface area contributed by atoms with Crippen molar-refractivity contribution in [2.75, 3.05) is 12.4 Å². The Morgan fingerprint density at radius 2 is 2.25 bits per heavy atom. The van der Waals surface area contributed by atoms with Crippen molar-refractivity contribution in [1.29, 1.82) is 0 Å². The molecule has 0 aliphatic carbocycles. The van der Waals surface area contributed by atoms with Gasteiger partial charge in [-0.05, 0) is 25.5 Å². The number of carbonyl (C=O) groups excluding carboxylic acids is 1. The molecule has 1 aromatic rings. The third-order valence-corrected chi connectivity index (χ3v) is 2.68. The maximum atomic E-state index is 11.8. The van der Waals surface area contributed by atoms with Crippen molar-refractivity contribution in [3.05, 3.63) is 17.3 Å². The van der Waals surface area contributed by atoms with E-state index in [4.69, 9.17) is 16.3 Å². The average Bonchev–Trinajstić information content (AvgIpc) is 2.31. The van der Waals surface area contributed by atoms with Crippen molar-refractivity contribution in [1.82, 2.24) is 10.2 Å². The topological polar surface area (TPSA) is 64.1 Å². The van der Waals surface area contributed by atoms with Gasteiger partial charge in [-0.2, -0.15) is 0 Å². The molecular weight excluding hydrogens is 230 g/mol. The Morgan fingerprint density at radius 3 is 2.69 bits per heavy atom. The summed E-state index contributed by atoms with van der Waals surface area (Å²) in [6.45, 7) is 3.59. The summed E-state index contributed by atoms with van der Waals surface area (Å²) in [6, 6.07) is 3.14. The van der Waals surface area contributed by atoms with Crippen LogP contribution in [0.2, 0.25) is 5.15 Å². The lowest BCUT2D eigenvalue weighted by atomic mass is 10.0. The summed E-state index contributed by atoms with van der Waals surface area (Å²) in [4.78, 5) is 11.8. The molecule has 1 aromatic heterocycles. The minimum atomic E-state index is -0.860. The molecule has 0 saturated carbocycles. The molecule has 0 bridgehead atoms. The van der Waals surface area contributed by atoms with Crippen molar-refractivity contribution in [2.45, 2.75) is 25.9 Å². The van der Waals surface area contributed by atoms with Gasteiger partial charge in [-0.1, -0.05) is 18.5 Å². The van der Waals surface area contributed by atoms with E-state index in [9.17, 15) is 4.79 Å². The fourth-order valence-electron chi connectivity index (χ4n) is 1.03. The van der Waals surface area contributed by atoms with Crippen molar-refractivity contribution >= 4 is 23.3 Å². The Morgan fingerprint density at radius 1 is 1.56 bits per heavy atom. The number of methoxy groups -OCH3 is 1. The highest BCUT2D eigenvalue weighted by Crippen LogP contribution is 2.16. The number of hydrogen-bond acceptors (Lipinski definition) is 4. The summed E-state index contributed by atoms with van der Waals surface area (Å²) in [5.74, 6) is 0.0975. The number of amides is 1. The molecule has 1 amide bonds. The van der Waals surface area contributed by atoms with Crippen LogP contribution in [0.5, 0.6) is 0 Å². The normalized spacial score (nSPS) is 14.2. The van der Waals surface area contributed by atoms with Gasteiger partial charge in [-0.3, -0.25) is 4.79 Å². The van der Waals surface area contributed by atoms with E-state index in [-0.39, 0.29) is 11.1 Å². The number of aromatic nitrogens is 2. The van der Waals surface area contributed by atoms with Crippen molar-refractivity contribution in [3.63, 3.8) is 0 Å². The van der Waals surface area contributed by atoms with Crippen molar-refractivity contribution in [2.24, 2.45) is 0 Å². The molecule has 0 radical (unpaired) electrons. The second kappa shape index (κ2) is 5.23. The van der Waals surface area contributed by atoms with Crippen LogP contribution in [0.3, 0.4) is 0 Å². The fraction of sp³-hybridized carbons (Fsp3) is 0.500. The molecule has 0 spiro atoms. The second-order valence-electron chi connectivity index (χ2n) is 3.48. The van der Waals surface area contributed by atoms with E-state index in [0.29, 0.717) is 12.2 Å². The van der Waals surface area contributed by atoms with Crippen molar-refractivity contribution < 1.29 is 9.53 Å². The van der Waals surface area contributed by atoms with Crippen LogP contribution in [0.1, 0.15) is 20.3 Å². The SMILES string of the molecule is CCC(C)(OC)C(=O)Nc1ccc(Cl)nn1. The van der Waals surface area contributed by atoms with E-state index in [1.54, 1.807) is 19.1 Å². The van der Waals surface area contributed by atoms with Gasteiger partial charge in [0.25, 0.3) is 5.91 Å². The van der Waals surface area contributed by atoms with E-state index in [1.165, 1.54) is 7.11 Å². The molecule has 0 fully saturated rings. The van der Waals surface area contributed by atoms with Gasteiger partial charge in [0.15, 0.2) is 11.0 Å². The molecule has 16 heavy (non-hydrogen) atoms. The van der Waals surface area contributed by atoms with Gasteiger partial charge < -0.3 is 10.1 Å². The van der Waals surface area contributed by atoms with Crippen molar-refractivity contribution in [3.8, 4) is 0 Å². The smallest absolute Gasteiger partial charge is 0.257 e. The Kier molecular flexibility index (Phi) is 4.20. The maximum Gasteiger partial charge on any atom is 0.257 e. The molecule has 1 unspecified atom stereocenters. The first-order valence-electron chi connectivity index (χ1n) is 4.87. The zero-order valence-corrected chi connectivity index (χ0v) is 10.2. The Bertz CT molecular complexity index is 363. The quantitative estimate of drug-likeness (QED) is 0.877. The van der Waals surface area contributed by atoms with Gasteiger partial charge in [-0.25, -0.2) is 0 Å². The average molecular weight is 244 g/mol. The second-order valence-corrected chi connectivity index (χ2v) is 3.87. The minimum Gasteiger partial charge on any atom is -0.369 e. The summed E-state index contributed by atoms with van der Waals surface area (Å²) >= 11 is 5.58. The Balaban J connectivity index is 2.74. The lowest BCUT2D eigenvalue weighted by Gasteiger charge is -2.24. The van der Waals surface area contributed by atoms with E-state index in [2.05, 4.69) is 15.5 Å². The largest absolute Gasteiger partial charge is 0.369 e. The molecule has 0 aromatic carbocycles. The first kappa shape index (κ1) is 12.9. The lowest BCUT2D eigenvalue weighted by molar-refractivity contribution is -0.136. The lowest BCUT2D eigenvalue weighted by Crippen LogP contribution is -2.41. The van der Waals surface area contributed by atoms with Gasteiger partial charge in [0.2, 0.25) is 0 Å². The zero-order chi connectivity index (χ0) is 12.2. The molecular formula is C10H14ClN3O2. The van der Waals surface area contributed by atoms with Crippen LogP contribution in [0.25, 0.3) is 0 Å². The van der Waals surface area contributed by atoms with Crippen LogP contribution in [0.15, 0.2) is 12.1 Å². The van der Waals surface area contributed by atoms with Gasteiger partial charge in [-0.15, -0.1) is 10.2 Å². The Hall–Kier alpha value is -1.20. The standard InChI is InChI=1S/C10H14ClN3O2/c1-4-10(2,16-3)9(15)12-8-6-5-7(11)13-14-8/h5-6H,4H2,1-3H3,(H,12,14,15). The first-order valence-corrected chi connectivity index (χ1v) is 5.25. The number of nitrogens with one attached hydrogen (secondary N) is 1. The minimum absolute atomic E-state index is 0.255. The number of halogens is 1. The number of nitrogens with zero attached hydrogens (tertiary/aromatic N) is 2. The summed E-state index contributed by atoms with van der Waals surface area (Å²) < 4.78 is 5.16. The number of anilines is 1. The molecule has 0 saturated heterocycles. The molecule has 0 aliphatic rings. The summed E-state index contributed by atoms with van der Waals surface area (Å²) in [5.41, 5.74) is -0.860. The van der Waals surface area contributed by atoms with Crippen LogP contribution in [-0.2, 0) is 9.53 Å². The summed E-state index contributed by atoms with van der Waals surface area (Å²) in [6.07, 6.45) is 0.566. The van der Waals surface area contributed by atoms with E-state index < -0.39 is 5.60 Å². The highest BCUT2D eigenvalue weighted by Gasteiger charge is 2.31. The van der Waals surface area contributed by atoms with Gasteiger partial charge in [0.1, 0.15) is 5.60 Å². The monoisotopic (exact) mass is 243 g/mol. The predicted octanol–water partition coefficient (Wildman–Crippen LogP) is 1.88. The fourth-order valence-corrected chi connectivity index (χ4v) is 1.13. The molecule has 1 N–H and O–H groups in total. The third-order valence-electron chi connectivity index (χ3n) is 2.48. The molecule has 6 heteroatoms. The van der Waals surface area contributed by atoms with Gasteiger partial charge in [0.05, 0.1) is 0 Å². The Labute approximate surface area is 99.2 Å². The third kappa shape index (κ3) is 2.90. The number of carbonyl (C=O) groups is 1. The summed E-state index contributed by atoms with van der Waals surface area (Å²) in [5, 5.41) is 10.3. The molecule has 0 aliphatic heterocycles. The van der Waals surface area contributed by atoms with E-state index >= 15 is 0 Å². The zero-order valence-electron chi connectivity index (χ0n) is 9.45. The van der Waals surface area contributed by atoms with Crippen LogP contribution < -0.4 is 5.32 Å². The van der Waals surface area contributed by atoms with Gasteiger partial charge in [0, 0.05) is 7.11 Å². The van der Waals surface area contributed by atoms with Crippen LogP contribution in [0, 0.1) is 0 Å². The first-order chi connectivity index (χ1) is 7.51. The molecule has 88 valence electrons. The number of hydrogen-bond donors (Lipinski definition) is 1. The molecule has 5 nitrogen and oxygen atoms in total. The van der Waals surface area contributed by atoms with Gasteiger partial charge >= 0.3 is 0 Å². The van der Waals surface area contributed by atoms with Crippen LogP contribution in [0.4, 0.5) is 5.82 Å². The predicted molar refractivity (Wildman–Crippen MR) is 61.4 cm³/mol. The van der Waals surface area contributed by atoms with Crippen LogP contribution in [-0.4, -0.2) is 28.8 Å².